The van der Waals surface area contributed by atoms with Gasteiger partial charge in [-0.25, -0.2) is 4.39 Å². The molecular formula is C20H17FN2. The third-order valence-corrected chi connectivity index (χ3v) is 4.37. The lowest BCUT2D eigenvalue weighted by Gasteiger charge is -2.10. The van der Waals surface area contributed by atoms with Crippen molar-refractivity contribution >= 4 is 27.5 Å². The first-order chi connectivity index (χ1) is 11.2. The van der Waals surface area contributed by atoms with Gasteiger partial charge in [0.2, 0.25) is 0 Å². The number of aromatic nitrogens is 1. The van der Waals surface area contributed by atoms with Crippen LogP contribution in [0.4, 0.5) is 10.1 Å². The van der Waals surface area contributed by atoms with Gasteiger partial charge in [0.15, 0.2) is 0 Å². The Morgan fingerprint density at radius 1 is 0.913 bits per heavy atom. The minimum Gasteiger partial charge on any atom is -0.381 e. The summed E-state index contributed by atoms with van der Waals surface area (Å²) in [7, 11) is 0. The molecule has 2 nitrogen and oxygen atoms in total. The van der Waals surface area contributed by atoms with Crippen LogP contribution in [0.15, 0.2) is 60.7 Å². The van der Waals surface area contributed by atoms with Gasteiger partial charge in [0.1, 0.15) is 5.82 Å². The Kier molecular flexibility index (Phi) is 3.27. The number of anilines is 1. The maximum absolute atomic E-state index is 13.6. The molecule has 1 aromatic heterocycles. The van der Waals surface area contributed by atoms with Crippen LogP contribution in [0, 0.1) is 12.7 Å². The van der Waals surface area contributed by atoms with E-state index in [4.69, 9.17) is 0 Å². The van der Waals surface area contributed by atoms with Gasteiger partial charge < -0.3 is 10.3 Å². The molecule has 0 aliphatic carbocycles. The maximum atomic E-state index is 13.6. The molecule has 0 saturated carbocycles. The molecule has 0 unspecified atom stereocenters. The van der Waals surface area contributed by atoms with Crippen LogP contribution in [-0.4, -0.2) is 4.98 Å². The molecule has 0 amide bonds. The highest BCUT2D eigenvalue weighted by molar-refractivity contribution is 6.08. The summed E-state index contributed by atoms with van der Waals surface area (Å²) < 4.78 is 13.6. The highest BCUT2D eigenvalue weighted by Crippen LogP contribution is 2.28. The van der Waals surface area contributed by atoms with E-state index in [-0.39, 0.29) is 5.82 Å². The van der Waals surface area contributed by atoms with E-state index in [0.29, 0.717) is 12.1 Å². The Hall–Kier alpha value is -2.81. The summed E-state index contributed by atoms with van der Waals surface area (Å²) >= 11 is 0. The predicted octanol–water partition coefficient (Wildman–Crippen LogP) is 5.38. The lowest BCUT2D eigenvalue weighted by atomic mass is 10.1. The number of rotatable bonds is 3. The van der Waals surface area contributed by atoms with Crippen LogP contribution in [0.5, 0.6) is 0 Å². The van der Waals surface area contributed by atoms with Gasteiger partial charge in [-0.2, -0.15) is 0 Å². The lowest BCUT2D eigenvalue weighted by Crippen LogP contribution is -2.02. The zero-order chi connectivity index (χ0) is 15.8. The highest BCUT2D eigenvalue weighted by Gasteiger charge is 2.06. The molecule has 0 radical (unpaired) electrons. The van der Waals surface area contributed by atoms with Crippen molar-refractivity contribution in [3.63, 3.8) is 0 Å². The number of hydrogen-bond donors (Lipinski definition) is 2. The quantitative estimate of drug-likeness (QED) is 0.522. The van der Waals surface area contributed by atoms with Crippen LogP contribution >= 0.6 is 0 Å². The second-order valence-electron chi connectivity index (χ2n) is 5.81. The molecule has 3 aromatic carbocycles. The Morgan fingerprint density at radius 2 is 1.74 bits per heavy atom. The molecule has 23 heavy (non-hydrogen) atoms. The van der Waals surface area contributed by atoms with E-state index >= 15 is 0 Å². The first-order valence-electron chi connectivity index (χ1n) is 7.71. The van der Waals surface area contributed by atoms with Gasteiger partial charge in [0, 0.05) is 34.0 Å². The molecule has 4 rings (SSSR count). The third kappa shape index (κ3) is 2.44. The standard InChI is InChI=1S/C20H17FN2/c1-13-14(5-4-7-18(13)21)12-22-15-9-10-20-17(11-15)16-6-2-3-8-19(16)23-20/h2-11,22-23H,12H2,1H3. The summed E-state index contributed by atoms with van der Waals surface area (Å²) in [4.78, 5) is 3.42. The van der Waals surface area contributed by atoms with Crippen LogP contribution in [0.25, 0.3) is 21.8 Å². The molecule has 0 atom stereocenters. The van der Waals surface area contributed by atoms with Crippen LogP contribution in [0.1, 0.15) is 11.1 Å². The van der Waals surface area contributed by atoms with Gasteiger partial charge in [0.25, 0.3) is 0 Å². The van der Waals surface area contributed by atoms with E-state index in [2.05, 4.69) is 34.6 Å². The van der Waals surface area contributed by atoms with Crippen molar-refractivity contribution in [3.8, 4) is 0 Å². The van der Waals surface area contributed by atoms with E-state index in [1.807, 2.05) is 31.2 Å². The average Bonchev–Trinajstić information content (AvgIpc) is 2.94. The van der Waals surface area contributed by atoms with Gasteiger partial charge in [-0.1, -0.05) is 30.3 Å². The first kappa shape index (κ1) is 13.8. The van der Waals surface area contributed by atoms with Crippen molar-refractivity contribution < 1.29 is 4.39 Å². The second kappa shape index (κ2) is 5.43. The molecule has 3 heteroatoms. The monoisotopic (exact) mass is 304 g/mol. The molecule has 0 bridgehead atoms. The fourth-order valence-corrected chi connectivity index (χ4v) is 3.00. The largest absolute Gasteiger partial charge is 0.381 e. The van der Waals surface area contributed by atoms with E-state index in [0.717, 1.165) is 22.3 Å². The Morgan fingerprint density at radius 3 is 2.65 bits per heavy atom. The van der Waals surface area contributed by atoms with Gasteiger partial charge in [-0.15, -0.1) is 0 Å². The molecule has 1 heterocycles. The van der Waals surface area contributed by atoms with E-state index < -0.39 is 0 Å². The molecule has 0 saturated heterocycles. The zero-order valence-electron chi connectivity index (χ0n) is 12.9. The summed E-state index contributed by atoms with van der Waals surface area (Å²) in [5.41, 5.74) is 4.97. The average molecular weight is 304 g/mol. The van der Waals surface area contributed by atoms with Gasteiger partial charge >= 0.3 is 0 Å². The molecule has 0 spiro atoms. The van der Waals surface area contributed by atoms with Crippen molar-refractivity contribution in [2.24, 2.45) is 0 Å². The topological polar surface area (TPSA) is 27.8 Å². The maximum Gasteiger partial charge on any atom is 0.126 e. The summed E-state index contributed by atoms with van der Waals surface area (Å²) in [6.07, 6.45) is 0. The van der Waals surface area contributed by atoms with Gasteiger partial charge in [0.05, 0.1) is 0 Å². The Labute approximate surface area is 134 Å². The van der Waals surface area contributed by atoms with Gasteiger partial charge in [-0.3, -0.25) is 0 Å². The first-order valence-corrected chi connectivity index (χ1v) is 7.71. The molecule has 0 aliphatic rings. The molecule has 0 aliphatic heterocycles. The molecular weight excluding hydrogens is 287 g/mol. The number of hydrogen-bond acceptors (Lipinski definition) is 1. The number of fused-ring (bicyclic) bond motifs is 3. The van der Waals surface area contributed by atoms with Crippen LogP contribution in [-0.2, 0) is 6.54 Å². The highest BCUT2D eigenvalue weighted by atomic mass is 19.1. The summed E-state index contributed by atoms with van der Waals surface area (Å²) in [6.45, 7) is 2.42. The van der Waals surface area contributed by atoms with Gasteiger partial charge in [-0.05, 0) is 48.4 Å². The van der Waals surface area contributed by atoms with Crippen LogP contribution in [0.3, 0.4) is 0 Å². The molecule has 0 fully saturated rings. The SMILES string of the molecule is Cc1c(F)cccc1CNc1ccc2[nH]c3ccccc3c2c1. The summed E-state index contributed by atoms with van der Waals surface area (Å²) in [6, 6.07) is 19.8. The number of H-pyrrole nitrogens is 1. The predicted molar refractivity (Wildman–Crippen MR) is 94.3 cm³/mol. The zero-order valence-corrected chi connectivity index (χ0v) is 12.9. The number of halogens is 1. The lowest BCUT2D eigenvalue weighted by molar-refractivity contribution is 0.616. The fourth-order valence-electron chi connectivity index (χ4n) is 3.00. The molecule has 2 N–H and O–H groups in total. The number of para-hydroxylation sites is 1. The van der Waals surface area contributed by atoms with Crippen LogP contribution in [0.2, 0.25) is 0 Å². The normalized spacial score (nSPS) is 11.2. The van der Waals surface area contributed by atoms with Crippen molar-refractivity contribution in [1.82, 2.24) is 4.98 Å². The number of benzene rings is 3. The Bertz CT molecular complexity index is 1000. The fraction of sp³-hybridized carbons (Fsp3) is 0.100. The van der Waals surface area contributed by atoms with Crippen molar-refractivity contribution in [2.45, 2.75) is 13.5 Å². The van der Waals surface area contributed by atoms with E-state index in [1.54, 1.807) is 6.07 Å². The minimum atomic E-state index is -0.156. The second-order valence-corrected chi connectivity index (χ2v) is 5.81. The smallest absolute Gasteiger partial charge is 0.126 e. The van der Waals surface area contributed by atoms with Crippen LogP contribution < -0.4 is 5.32 Å². The number of aromatic amines is 1. The minimum absolute atomic E-state index is 0.156. The third-order valence-electron chi connectivity index (χ3n) is 4.37. The molecule has 4 aromatic rings. The summed E-state index contributed by atoms with van der Waals surface area (Å²) in [5, 5.41) is 5.81. The summed E-state index contributed by atoms with van der Waals surface area (Å²) in [5.74, 6) is -0.156. The van der Waals surface area contributed by atoms with E-state index in [9.17, 15) is 4.39 Å². The molecule has 114 valence electrons. The van der Waals surface area contributed by atoms with Crippen molar-refractivity contribution in [3.05, 3.63) is 77.6 Å². The van der Waals surface area contributed by atoms with E-state index in [1.165, 1.54) is 16.8 Å². The Balaban J connectivity index is 1.66. The number of nitrogens with one attached hydrogen (secondary N) is 2. The van der Waals surface area contributed by atoms with Crippen molar-refractivity contribution in [2.75, 3.05) is 5.32 Å². The van der Waals surface area contributed by atoms with Crippen molar-refractivity contribution in [1.29, 1.82) is 0 Å².